The molecule has 1 nitrogen and oxygen atoms in total. The van der Waals surface area contributed by atoms with Gasteiger partial charge < -0.3 is 5.32 Å². The van der Waals surface area contributed by atoms with E-state index in [2.05, 4.69) is 5.32 Å². The Hall–Kier alpha value is -1.90. The second-order valence-electron chi connectivity index (χ2n) is 3.87. The number of para-hydroxylation sites is 1. The molecule has 0 amide bonds. The van der Waals surface area contributed by atoms with E-state index >= 15 is 0 Å². The highest BCUT2D eigenvalue weighted by molar-refractivity contribution is 5.46. The maximum atomic E-state index is 13.5. The molecule has 0 aliphatic heterocycles. The fourth-order valence-corrected chi connectivity index (χ4v) is 1.72. The molecule has 17 heavy (non-hydrogen) atoms. The summed E-state index contributed by atoms with van der Waals surface area (Å²) in [5, 5.41) is 2.95. The van der Waals surface area contributed by atoms with Crippen molar-refractivity contribution in [1.29, 1.82) is 0 Å². The summed E-state index contributed by atoms with van der Waals surface area (Å²) in [7, 11) is 0. The first-order valence-corrected chi connectivity index (χ1v) is 5.44. The summed E-state index contributed by atoms with van der Waals surface area (Å²) >= 11 is 0. The van der Waals surface area contributed by atoms with Crippen molar-refractivity contribution in [3.8, 4) is 0 Å². The van der Waals surface area contributed by atoms with Gasteiger partial charge in [0.1, 0.15) is 11.6 Å². The summed E-state index contributed by atoms with van der Waals surface area (Å²) in [5.74, 6) is -0.625. The molecule has 2 aromatic carbocycles. The Morgan fingerprint density at radius 2 is 1.47 bits per heavy atom. The number of anilines is 1. The zero-order chi connectivity index (χ0) is 12.3. The monoisotopic (exact) mass is 233 g/mol. The molecule has 0 saturated heterocycles. The summed E-state index contributed by atoms with van der Waals surface area (Å²) < 4.78 is 26.9. The Kier molecular flexibility index (Phi) is 3.38. The van der Waals surface area contributed by atoms with Crippen LogP contribution in [0.2, 0.25) is 0 Å². The first-order valence-electron chi connectivity index (χ1n) is 5.44. The normalized spacial score (nSPS) is 12.2. The van der Waals surface area contributed by atoms with Crippen LogP contribution in [0.3, 0.4) is 0 Å². The second-order valence-corrected chi connectivity index (χ2v) is 3.87. The second kappa shape index (κ2) is 4.95. The topological polar surface area (TPSA) is 12.0 Å². The van der Waals surface area contributed by atoms with Gasteiger partial charge in [0.2, 0.25) is 0 Å². The van der Waals surface area contributed by atoms with E-state index in [4.69, 9.17) is 0 Å². The third-order valence-corrected chi connectivity index (χ3v) is 2.62. The maximum absolute atomic E-state index is 13.5. The SMILES string of the molecule is CC(Nc1ccccc1F)c1ccccc1F. The molecule has 2 aromatic rings. The van der Waals surface area contributed by atoms with E-state index < -0.39 is 0 Å². The van der Waals surface area contributed by atoms with E-state index in [9.17, 15) is 8.78 Å². The zero-order valence-electron chi connectivity index (χ0n) is 9.45. The highest BCUT2D eigenvalue weighted by Crippen LogP contribution is 2.22. The smallest absolute Gasteiger partial charge is 0.146 e. The fraction of sp³-hybridized carbons (Fsp3) is 0.143. The van der Waals surface area contributed by atoms with Gasteiger partial charge >= 0.3 is 0 Å². The first kappa shape index (κ1) is 11.6. The first-order chi connectivity index (χ1) is 8.18. The van der Waals surface area contributed by atoms with Crippen LogP contribution in [0.1, 0.15) is 18.5 Å². The molecule has 1 unspecified atom stereocenters. The van der Waals surface area contributed by atoms with Gasteiger partial charge in [0, 0.05) is 5.56 Å². The molecule has 2 rings (SSSR count). The predicted molar refractivity (Wildman–Crippen MR) is 64.8 cm³/mol. The Balaban J connectivity index is 2.20. The van der Waals surface area contributed by atoms with Crippen molar-refractivity contribution in [2.75, 3.05) is 5.32 Å². The van der Waals surface area contributed by atoms with E-state index in [1.807, 2.05) is 0 Å². The number of nitrogens with one attached hydrogen (secondary N) is 1. The standard InChI is InChI=1S/C14H13F2N/c1-10(11-6-2-3-7-12(11)15)17-14-9-5-4-8-13(14)16/h2-10,17H,1H3. The molecule has 0 aromatic heterocycles. The summed E-state index contributed by atoms with van der Waals surface area (Å²) in [6.07, 6.45) is 0. The van der Waals surface area contributed by atoms with Gasteiger partial charge in [0.25, 0.3) is 0 Å². The number of hydrogen-bond donors (Lipinski definition) is 1. The van der Waals surface area contributed by atoms with Gasteiger partial charge in [0.15, 0.2) is 0 Å². The molecule has 0 bridgehead atoms. The summed E-state index contributed by atoms with van der Waals surface area (Å²) in [6.45, 7) is 1.80. The Morgan fingerprint density at radius 1 is 0.882 bits per heavy atom. The quantitative estimate of drug-likeness (QED) is 0.840. The summed E-state index contributed by atoms with van der Waals surface area (Å²) in [6, 6.07) is 12.6. The van der Waals surface area contributed by atoms with Crippen LogP contribution in [0.25, 0.3) is 0 Å². The maximum Gasteiger partial charge on any atom is 0.146 e. The van der Waals surface area contributed by atoms with Gasteiger partial charge in [-0.3, -0.25) is 0 Å². The molecule has 0 saturated carbocycles. The third kappa shape index (κ3) is 2.61. The minimum Gasteiger partial charge on any atom is -0.376 e. The number of halogens is 2. The Morgan fingerprint density at radius 3 is 2.12 bits per heavy atom. The average Bonchev–Trinajstić information content (AvgIpc) is 2.32. The number of benzene rings is 2. The lowest BCUT2D eigenvalue weighted by molar-refractivity contribution is 0.596. The molecule has 0 fully saturated rings. The molecule has 3 heteroatoms. The van der Waals surface area contributed by atoms with E-state index in [-0.39, 0.29) is 17.7 Å². The number of hydrogen-bond acceptors (Lipinski definition) is 1. The van der Waals surface area contributed by atoms with E-state index in [0.717, 1.165) is 0 Å². The van der Waals surface area contributed by atoms with Crippen LogP contribution in [0, 0.1) is 11.6 Å². The fourth-order valence-electron chi connectivity index (χ4n) is 1.72. The predicted octanol–water partition coefficient (Wildman–Crippen LogP) is 4.14. The highest BCUT2D eigenvalue weighted by atomic mass is 19.1. The van der Waals surface area contributed by atoms with Gasteiger partial charge in [-0.25, -0.2) is 8.78 Å². The number of rotatable bonds is 3. The van der Waals surface area contributed by atoms with E-state index in [0.29, 0.717) is 11.3 Å². The van der Waals surface area contributed by atoms with Crippen molar-refractivity contribution >= 4 is 5.69 Å². The average molecular weight is 233 g/mol. The lowest BCUT2D eigenvalue weighted by Gasteiger charge is -2.16. The van der Waals surface area contributed by atoms with E-state index in [1.165, 1.54) is 12.1 Å². The summed E-state index contributed by atoms with van der Waals surface area (Å²) in [4.78, 5) is 0. The van der Waals surface area contributed by atoms with Gasteiger partial charge in [0.05, 0.1) is 11.7 Å². The molecule has 1 atom stereocenters. The van der Waals surface area contributed by atoms with E-state index in [1.54, 1.807) is 43.3 Å². The third-order valence-electron chi connectivity index (χ3n) is 2.62. The molecular formula is C14H13F2N. The Bertz CT molecular complexity index is 511. The lowest BCUT2D eigenvalue weighted by Crippen LogP contribution is -2.09. The molecule has 88 valence electrons. The summed E-state index contributed by atoms with van der Waals surface area (Å²) in [5.41, 5.74) is 0.902. The minimum absolute atomic E-state index is 0.284. The largest absolute Gasteiger partial charge is 0.376 e. The van der Waals surface area contributed by atoms with Crippen LogP contribution >= 0.6 is 0 Å². The van der Waals surface area contributed by atoms with Crippen LogP contribution in [0.4, 0.5) is 14.5 Å². The zero-order valence-corrected chi connectivity index (χ0v) is 9.45. The van der Waals surface area contributed by atoms with Crippen LogP contribution in [-0.2, 0) is 0 Å². The molecule has 0 aliphatic carbocycles. The highest BCUT2D eigenvalue weighted by Gasteiger charge is 2.11. The van der Waals surface area contributed by atoms with Gasteiger partial charge in [-0.2, -0.15) is 0 Å². The van der Waals surface area contributed by atoms with Crippen molar-refractivity contribution in [1.82, 2.24) is 0 Å². The Labute approximate surface area is 99.1 Å². The van der Waals surface area contributed by atoms with Crippen LogP contribution in [-0.4, -0.2) is 0 Å². The minimum atomic E-state index is -0.337. The molecule has 0 spiro atoms. The van der Waals surface area contributed by atoms with Gasteiger partial charge in [-0.15, -0.1) is 0 Å². The molecular weight excluding hydrogens is 220 g/mol. The molecule has 0 aliphatic rings. The van der Waals surface area contributed by atoms with Crippen molar-refractivity contribution in [3.05, 3.63) is 65.7 Å². The van der Waals surface area contributed by atoms with Crippen molar-refractivity contribution < 1.29 is 8.78 Å². The molecule has 0 heterocycles. The van der Waals surface area contributed by atoms with Gasteiger partial charge in [-0.05, 0) is 25.1 Å². The van der Waals surface area contributed by atoms with Crippen LogP contribution in [0.5, 0.6) is 0 Å². The van der Waals surface area contributed by atoms with Crippen molar-refractivity contribution in [2.24, 2.45) is 0 Å². The van der Waals surface area contributed by atoms with Crippen molar-refractivity contribution in [3.63, 3.8) is 0 Å². The van der Waals surface area contributed by atoms with Crippen molar-refractivity contribution in [2.45, 2.75) is 13.0 Å². The van der Waals surface area contributed by atoms with Crippen LogP contribution in [0.15, 0.2) is 48.5 Å². The lowest BCUT2D eigenvalue weighted by atomic mass is 10.1. The van der Waals surface area contributed by atoms with Gasteiger partial charge in [-0.1, -0.05) is 30.3 Å². The van der Waals surface area contributed by atoms with Crippen LogP contribution < -0.4 is 5.32 Å². The molecule has 1 N–H and O–H groups in total. The molecule has 0 radical (unpaired) electrons.